The molecule has 0 aliphatic heterocycles. The van der Waals surface area contributed by atoms with Crippen molar-refractivity contribution in [2.45, 2.75) is 20.3 Å². The number of aromatic nitrogens is 1. The molecule has 0 spiro atoms. The lowest BCUT2D eigenvalue weighted by atomic mass is 10.1. The number of pyridine rings is 1. The fourth-order valence-corrected chi connectivity index (χ4v) is 2.15. The zero-order valence-corrected chi connectivity index (χ0v) is 11.8. The summed E-state index contributed by atoms with van der Waals surface area (Å²) in [7, 11) is 0. The summed E-state index contributed by atoms with van der Waals surface area (Å²) in [4.78, 5) is 16.4. The number of aryl methyl sites for hydroxylation is 2. The predicted molar refractivity (Wildman–Crippen MR) is 80.9 cm³/mol. The van der Waals surface area contributed by atoms with Crippen LogP contribution in [0.3, 0.4) is 0 Å². The molecule has 3 N–H and O–H groups in total. The van der Waals surface area contributed by atoms with Gasteiger partial charge >= 0.3 is 0 Å². The molecule has 1 amide bonds. The number of nitrogens with one attached hydrogen (secondary N) is 1. The minimum Gasteiger partial charge on any atom is -0.330 e. The van der Waals surface area contributed by atoms with Gasteiger partial charge in [-0.2, -0.15) is 0 Å². The van der Waals surface area contributed by atoms with Crippen molar-refractivity contribution in [1.82, 2.24) is 4.98 Å². The number of carbonyl (C=O) groups excluding carboxylic acids is 1. The summed E-state index contributed by atoms with van der Waals surface area (Å²) in [6.45, 7) is 4.54. The average molecular weight is 269 g/mol. The number of amides is 1. The van der Waals surface area contributed by atoms with Crippen LogP contribution in [0.25, 0.3) is 0 Å². The fourth-order valence-electron chi connectivity index (χ4n) is 2.15. The Labute approximate surface area is 119 Å². The van der Waals surface area contributed by atoms with E-state index >= 15 is 0 Å². The summed E-state index contributed by atoms with van der Waals surface area (Å²) in [5.41, 5.74) is 9.99. The Balaban J connectivity index is 2.17. The molecule has 0 atom stereocenters. The molecule has 104 valence electrons. The molecule has 1 heterocycles. The van der Waals surface area contributed by atoms with Gasteiger partial charge in [0.1, 0.15) is 0 Å². The minimum absolute atomic E-state index is 0.129. The summed E-state index contributed by atoms with van der Waals surface area (Å²) in [5.74, 6) is -0.129. The van der Waals surface area contributed by atoms with Gasteiger partial charge in [0.2, 0.25) is 0 Å². The second-order valence-electron chi connectivity index (χ2n) is 4.91. The highest BCUT2D eigenvalue weighted by Gasteiger charge is 2.08. The van der Waals surface area contributed by atoms with E-state index in [4.69, 9.17) is 5.73 Å². The molecule has 1 aromatic heterocycles. The largest absolute Gasteiger partial charge is 0.330 e. The molecule has 0 aliphatic carbocycles. The molecule has 0 radical (unpaired) electrons. The highest BCUT2D eigenvalue weighted by Crippen LogP contribution is 2.15. The maximum Gasteiger partial charge on any atom is 0.255 e. The van der Waals surface area contributed by atoms with E-state index in [9.17, 15) is 4.79 Å². The van der Waals surface area contributed by atoms with Gasteiger partial charge in [0, 0.05) is 29.6 Å². The third-order valence-corrected chi connectivity index (χ3v) is 2.96. The number of hydrogen-bond donors (Lipinski definition) is 2. The van der Waals surface area contributed by atoms with Crippen LogP contribution in [-0.2, 0) is 6.42 Å². The van der Waals surface area contributed by atoms with Crippen LogP contribution in [0, 0.1) is 13.8 Å². The van der Waals surface area contributed by atoms with Crippen molar-refractivity contribution < 1.29 is 4.79 Å². The van der Waals surface area contributed by atoms with E-state index in [-0.39, 0.29) is 5.91 Å². The van der Waals surface area contributed by atoms with Gasteiger partial charge in [0.25, 0.3) is 5.91 Å². The van der Waals surface area contributed by atoms with E-state index in [0.29, 0.717) is 18.5 Å². The van der Waals surface area contributed by atoms with E-state index in [1.807, 2.05) is 26.0 Å². The fraction of sp³-hybridized carbons (Fsp3) is 0.250. The first-order chi connectivity index (χ1) is 9.58. The van der Waals surface area contributed by atoms with Gasteiger partial charge in [-0.3, -0.25) is 9.78 Å². The molecule has 0 aliphatic rings. The molecule has 1 aromatic carbocycles. The van der Waals surface area contributed by atoms with Crippen LogP contribution in [0.4, 0.5) is 5.69 Å². The monoisotopic (exact) mass is 269 g/mol. The highest BCUT2D eigenvalue weighted by molar-refractivity contribution is 6.04. The van der Waals surface area contributed by atoms with Crippen LogP contribution >= 0.6 is 0 Å². The molecule has 20 heavy (non-hydrogen) atoms. The standard InChI is InChI=1S/C16H19N3O/c1-11-7-12(2)9-15(8-11)19-16(20)13-4-6-18-14(10-13)3-5-17/h4,6-10H,3,5,17H2,1-2H3,(H,19,20). The van der Waals surface area contributed by atoms with Gasteiger partial charge in [0.05, 0.1) is 0 Å². The van der Waals surface area contributed by atoms with E-state index in [2.05, 4.69) is 16.4 Å². The number of anilines is 1. The Morgan fingerprint density at radius 3 is 2.55 bits per heavy atom. The highest BCUT2D eigenvalue weighted by atomic mass is 16.1. The number of hydrogen-bond acceptors (Lipinski definition) is 3. The lowest BCUT2D eigenvalue weighted by molar-refractivity contribution is 0.102. The molecular weight excluding hydrogens is 250 g/mol. The summed E-state index contributed by atoms with van der Waals surface area (Å²) in [6.07, 6.45) is 2.31. The molecule has 0 bridgehead atoms. The zero-order valence-electron chi connectivity index (χ0n) is 11.8. The van der Waals surface area contributed by atoms with Crippen molar-refractivity contribution >= 4 is 11.6 Å². The van der Waals surface area contributed by atoms with Crippen molar-refractivity contribution in [1.29, 1.82) is 0 Å². The summed E-state index contributed by atoms with van der Waals surface area (Å²) >= 11 is 0. The quantitative estimate of drug-likeness (QED) is 0.895. The molecule has 2 aromatic rings. The van der Waals surface area contributed by atoms with Crippen LogP contribution in [-0.4, -0.2) is 17.4 Å². The average Bonchev–Trinajstić information content (AvgIpc) is 2.38. The number of nitrogens with zero attached hydrogens (tertiary/aromatic N) is 1. The SMILES string of the molecule is Cc1cc(C)cc(NC(=O)c2ccnc(CCN)c2)c1. The second-order valence-corrected chi connectivity index (χ2v) is 4.91. The van der Waals surface area contributed by atoms with E-state index in [1.54, 1.807) is 18.3 Å². The van der Waals surface area contributed by atoms with E-state index < -0.39 is 0 Å². The smallest absolute Gasteiger partial charge is 0.255 e. The van der Waals surface area contributed by atoms with Crippen LogP contribution in [0.1, 0.15) is 27.2 Å². The second kappa shape index (κ2) is 6.30. The summed E-state index contributed by atoms with van der Waals surface area (Å²) < 4.78 is 0. The minimum atomic E-state index is -0.129. The first-order valence-corrected chi connectivity index (χ1v) is 6.63. The normalized spacial score (nSPS) is 10.3. The van der Waals surface area contributed by atoms with Crippen LogP contribution < -0.4 is 11.1 Å². The van der Waals surface area contributed by atoms with Crippen LogP contribution in [0.2, 0.25) is 0 Å². The lowest BCUT2D eigenvalue weighted by Crippen LogP contribution is -2.13. The first-order valence-electron chi connectivity index (χ1n) is 6.63. The topological polar surface area (TPSA) is 68.0 Å². The third-order valence-electron chi connectivity index (χ3n) is 2.96. The molecule has 0 saturated carbocycles. The van der Waals surface area contributed by atoms with Crippen molar-refractivity contribution in [3.63, 3.8) is 0 Å². The van der Waals surface area contributed by atoms with Gasteiger partial charge in [0.15, 0.2) is 0 Å². The molecule has 0 saturated heterocycles. The Morgan fingerprint density at radius 2 is 1.90 bits per heavy atom. The van der Waals surface area contributed by atoms with E-state index in [1.165, 1.54) is 0 Å². The number of carbonyl (C=O) groups is 1. The van der Waals surface area contributed by atoms with Crippen molar-refractivity contribution in [2.24, 2.45) is 5.73 Å². The van der Waals surface area contributed by atoms with Crippen molar-refractivity contribution in [2.75, 3.05) is 11.9 Å². The van der Waals surface area contributed by atoms with Gasteiger partial charge in [-0.25, -0.2) is 0 Å². The molecule has 4 nitrogen and oxygen atoms in total. The van der Waals surface area contributed by atoms with Gasteiger partial charge in [-0.15, -0.1) is 0 Å². The Hall–Kier alpha value is -2.20. The van der Waals surface area contributed by atoms with Gasteiger partial charge in [-0.05, 0) is 55.8 Å². The maximum atomic E-state index is 12.2. The van der Waals surface area contributed by atoms with Gasteiger partial charge < -0.3 is 11.1 Å². The first kappa shape index (κ1) is 14.2. The van der Waals surface area contributed by atoms with Crippen LogP contribution in [0.15, 0.2) is 36.5 Å². The van der Waals surface area contributed by atoms with E-state index in [0.717, 1.165) is 22.5 Å². The number of nitrogens with two attached hydrogens (primary N) is 1. The lowest BCUT2D eigenvalue weighted by Gasteiger charge is -2.08. The number of rotatable bonds is 4. The number of benzene rings is 1. The predicted octanol–water partition coefficient (Wildman–Crippen LogP) is 2.45. The third kappa shape index (κ3) is 3.65. The summed E-state index contributed by atoms with van der Waals surface area (Å²) in [5, 5.41) is 2.91. The van der Waals surface area contributed by atoms with Crippen molar-refractivity contribution in [3.8, 4) is 0 Å². The van der Waals surface area contributed by atoms with Crippen LogP contribution in [0.5, 0.6) is 0 Å². The Kier molecular flexibility index (Phi) is 4.48. The Bertz CT molecular complexity index is 603. The van der Waals surface area contributed by atoms with Crippen molar-refractivity contribution in [3.05, 3.63) is 58.9 Å². The molecular formula is C16H19N3O. The molecule has 0 unspecified atom stereocenters. The summed E-state index contributed by atoms with van der Waals surface area (Å²) in [6, 6.07) is 9.46. The molecule has 4 heteroatoms. The Morgan fingerprint density at radius 1 is 1.20 bits per heavy atom. The van der Waals surface area contributed by atoms with Gasteiger partial charge in [-0.1, -0.05) is 6.07 Å². The molecule has 2 rings (SSSR count). The maximum absolute atomic E-state index is 12.2. The zero-order chi connectivity index (χ0) is 14.5. The molecule has 0 fully saturated rings.